The third kappa shape index (κ3) is 8.49. The van der Waals surface area contributed by atoms with Gasteiger partial charge in [-0.05, 0) is 24.1 Å². The minimum Gasteiger partial charge on any atom is -0.406 e. The van der Waals surface area contributed by atoms with E-state index in [1.807, 2.05) is 0 Å². The predicted octanol–water partition coefficient (Wildman–Crippen LogP) is 4.96. The highest BCUT2D eigenvalue weighted by Crippen LogP contribution is 2.30. The van der Waals surface area contributed by atoms with Gasteiger partial charge >= 0.3 is 6.36 Å². The lowest BCUT2D eigenvalue weighted by Gasteiger charge is -2.35. The van der Waals surface area contributed by atoms with Gasteiger partial charge < -0.3 is 10.1 Å². The zero-order valence-corrected chi connectivity index (χ0v) is 16.0. The summed E-state index contributed by atoms with van der Waals surface area (Å²) in [5, 5.41) is 3.34. The fraction of sp³-hybridized carbons (Fsp3) is 0.647. The standard InChI is InChI=1S/C17H25F3N2O.2ClH/c1-2-3-4-5-16(22-12-10-21-11-13-22)14-6-8-15(9-7-14)23-17(18,19)20;;/h6-9,16,21H,2-5,10-13H2,1H3;2*1H/t16-;;/m0../s1. The Labute approximate surface area is 160 Å². The quantitative estimate of drug-likeness (QED) is 0.652. The van der Waals surface area contributed by atoms with Crippen LogP contribution in [0.4, 0.5) is 13.2 Å². The van der Waals surface area contributed by atoms with E-state index >= 15 is 0 Å². The average Bonchev–Trinajstić information content (AvgIpc) is 2.52. The molecule has 1 N–H and O–H groups in total. The smallest absolute Gasteiger partial charge is 0.406 e. The molecule has 1 aromatic carbocycles. The number of ether oxygens (including phenoxy) is 1. The molecule has 1 heterocycles. The number of hydrogen-bond donors (Lipinski definition) is 1. The normalized spacial score (nSPS) is 16.5. The van der Waals surface area contributed by atoms with E-state index in [-0.39, 0.29) is 36.6 Å². The van der Waals surface area contributed by atoms with Gasteiger partial charge in [0.25, 0.3) is 0 Å². The Balaban J connectivity index is 0.00000288. The summed E-state index contributed by atoms with van der Waals surface area (Å²) in [6, 6.07) is 6.62. The van der Waals surface area contributed by atoms with E-state index < -0.39 is 6.36 Å². The fourth-order valence-electron chi connectivity index (χ4n) is 3.03. The van der Waals surface area contributed by atoms with Crippen molar-refractivity contribution in [2.24, 2.45) is 0 Å². The Hall–Kier alpha value is -0.690. The molecule has 1 aliphatic rings. The third-order valence-electron chi connectivity index (χ3n) is 4.17. The highest BCUT2D eigenvalue weighted by molar-refractivity contribution is 5.85. The van der Waals surface area contributed by atoms with E-state index in [2.05, 4.69) is 21.9 Å². The van der Waals surface area contributed by atoms with E-state index in [4.69, 9.17) is 0 Å². The summed E-state index contributed by atoms with van der Waals surface area (Å²) >= 11 is 0. The summed E-state index contributed by atoms with van der Waals surface area (Å²) in [5.41, 5.74) is 1.07. The van der Waals surface area contributed by atoms with Crippen molar-refractivity contribution >= 4 is 24.8 Å². The molecule has 0 bridgehead atoms. The highest BCUT2D eigenvalue weighted by Gasteiger charge is 2.31. The Kier molecular flexibility index (Phi) is 11.5. The first-order valence-electron chi connectivity index (χ1n) is 8.30. The van der Waals surface area contributed by atoms with Crippen LogP contribution in [-0.2, 0) is 0 Å². The van der Waals surface area contributed by atoms with Crippen molar-refractivity contribution in [1.29, 1.82) is 0 Å². The lowest BCUT2D eigenvalue weighted by molar-refractivity contribution is -0.274. The van der Waals surface area contributed by atoms with E-state index in [0.717, 1.165) is 51.0 Å². The molecule has 146 valence electrons. The fourth-order valence-corrected chi connectivity index (χ4v) is 3.03. The van der Waals surface area contributed by atoms with Gasteiger partial charge in [-0.25, -0.2) is 0 Å². The van der Waals surface area contributed by atoms with Crippen molar-refractivity contribution in [3.63, 3.8) is 0 Å². The average molecular weight is 403 g/mol. The van der Waals surface area contributed by atoms with E-state index in [1.54, 1.807) is 12.1 Å². The van der Waals surface area contributed by atoms with Crippen molar-refractivity contribution in [2.75, 3.05) is 26.2 Å². The second-order valence-electron chi connectivity index (χ2n) is 5.91. The van der Waals surface area contributed by atoms with Gasteiger partial charge in [0, 0.05) is 32.2 Å². The summed E-state index contributed by atoms with van der Waals surface area (Å²) in [6.07, 6.45) is -0.135. The minimum atomic E-state index is -4.64. The van der Waals surface area contributed by atoms with Gasteiger partial charge in [-0.3, -0.25) is 4.90 Å². The maximum Gasteiger partial charge on any atom is 0.573 e. The van der Waals surface area contributed by atoms with Crippen LogP contribution in [0.1, 0.15) is 44.2 Å². The number of hydrogen-bond acceptors (Lipinski definition) is 3. The molecule has 8 heteroatoms. The zero-order chi connectivity index (χ0) is 16.7. The number of benzene rings is 1. The number of rotatable bonds is 7. The molecule has 3 nitrogen and oxygen atoms in total. The first kappa shape index (κ1) is 24.3. The van der Waals surface area contributed by atoms with Crippen molar-refractivity contribution < 1.29 is 17.9 Å². The highest BCUT2D eigenvalue weighted by atomic mass is 35.5. The molecule has 2 rings (SSSR count). The van der Waals surface area contributed by atoms with Crippen molar-refractivity contribution in [3.8, 4) is 5.75 Å². The molecule has 0 amide bonds. The van der Waals surface area contributed by atoms with Crippen LogP contribution in [0, 0.1) is 0 Å². The van der Waals surface area contributed by atoms with Gasteiger partial charge in [0.2, 0.25) is 0 Å². The molecule has 0 aromatic heterocycles. The molecule has 25 heavy (non-hydrogen) atoms. The zero-order valence-electron chi connectivity index (χ0n) is 14.3. The van der Waals surface area contributed by atoms with Gasteiger partial charge in [0.15, 0.2) is 0 Å². The van der Waals surface area contributed by atoms with Gasteiger partial charge in [-0.1, -0.05) is 38.3 Å². The Morgan fingerprint density at radius 1 is 1.08 bits per heavy atom. The van der Waals surface area contributed by atoms with E-state index in [1.165, 1.54) is 18.6 Å². The second kappa shape index (κ2) is 11.8. The minimum absolute atomic E-state index is 0. The number of halogens is 5. The van der Waals surface area contributed by atoms with Crippen LogP contribution in [0.5, 0.6) is 5.75 Å². The molecule has 0 saturated carbocycles. The first-order chi connectivity index (χ1) is 11.0. The van der Waals surface area contributed by atoms with Gasteiger partial charge in [0.05, 0.1) is 0 Å². The van der Waals surface area contributed by atoms with Gasteiger partial charge in [-0.2, -0.15) is 0 Å². The number of piperazine rings is 1. The van der Waals surface area contributed by atoms with Crippen molar-refractivity contribution in [3.05, 3.63) is 29.8 Å². The summed E-state index contributed by atoms with van der Waals surface area (Å²) in [7, 11) is 0. The van der Waals surface area contributed by atoms with Crippen molar-refractivity contribution in [1.82, 2.24) is 10.2 Å². The third-order valence-corrected chi connectivity index (χ3v) is 4.17. The molecule has 1 saturated heterocycles. The summed E-state index contributed by atoms with van der Waals surface area (Å²) in [4.78, 5) is 2.42. The Morgan fingerprint density at radius 2 is 1.68 bits per heavy atom. The number of nitrogens with one attached hydrogen (secondary N) is 1. The largest absolute Gasteiger partial charge is 0.573 e. The molecule has 1 fully saturated rings. The Bertz CT molecular complexity index is 466. The maximum absolute atomic E-state index is 12.3. The van der Waals surface area contributed by atoms with Crippen molar-refractivity contribution in [2.45, 2.75) is 45.0 Å². The topological polar surface area (TPSA) is 24.5 Å². The van der Waals surface area contributed by atoms with Crippen LogP contribution in [0.2, 0.25) is 0 Å². The molecule has 0 radical (unpaired) electrons. The molecule has 0 spiro atoms. The van der Waals surface area contributed by atoms with Crippen LogP contribution in [0.15, 0.2) is 24.3 Å². The lowest BCUT2D eigenvalue weighted by Crippen LogP contribution is -2.45. The molecular formula is C17H27Cl2F3N2O. The number of alkyl halides is 3. The monoisotopic (exact) mass is 402 g/mol. The number of unbranched alkanes of at least 4 members (excludes halogenated alkanes) is 2. The maximum atomic E-state index is 12.3. The summed E-state index contributed by atoms with van der Waals surface area (Å²) < 4.78 is 40.7. The lowest BCUT2D eigenvalue weighted by atomic mass is 9.98. The summed E-state index contributed by atoms with van der Waals surface area (Å²) in [6.45, 7) is 6.03. The molecule has 1 aromatic rings. The second-order valence-corrected chi connectivity index (χ2v) is 5.91. The SMILES string of the molecule is CCCCC[C@@H](c1ccc(OC(F)(F)F)cc1)N1CCNCC1.Cl.Cl. The van der Waals surface area contributed by atoms with Crippen LogP contribution < -0.4 is 10.1 Å². The molecule has 0 unspecified atom stereocenters. The Morgan fingerprint density at radius 3 is 2.20 bits per heavy atom. The molecular weight excluding hydrogens is 376 g/mol. The molecule has 1 aliphatic heterocycles. The van der Waals surface area contributed by atoms with Crippen LogP contribution in [-0.4, -0.2) is 37.4 Å². The van der Waals surface area contributed by atoms with Crippen LogP contribution in [0.25, 0.3) is 0 Å². The van der Waals surface area contributed by atoms with Crippen LogP contribution >= 0.6 is 24.8 Å². The first-order valence-corrected chi connectivity index (χ1v) is 8.30. The van der Waals surface area contributed by atoms with Gasteiger partial charge in [-0.15, -0.1) is 38.0 Å². The number of nitrogens with zero attached hydrogens (tertiary/aromatic N) is 1. The molecule has 0 aliphatic carbocycles. The van der Waals surface area contributed by atoms with E-state index in [0.29, 0.717) is 0 Å². The summed E-state index contributed by atoms with van der Waals surface area (Å²) in [5.74, 6) is -0.158. The van der Waals surface area contributed by atoms with Crippen LogP contribution in [0.3, 0.4) is 0 Å². The van der Waals surface area contributed by atoms with Gasteiger partial charge in [0.1, 0.15) is 5.75 Å². The molecule has 1 atom stereocenters. The van der Waals surface area contributed by atoms with E-state index in [9.17, 15) is 13.2 Å². The predicted molar refractivity (Wildman–Crippen MR) is 98.9 cm³/mol.